The largest absolute Gasteiger partial charge is 0.493 e. The zero-order valence-corrected chi connectivity index (χ0v) is 16.2. The average Bonchev–Trinajstić information content (AvgIpc) is 3.06. The molecule has 0 aliphatic heterocycles. The van der Waals surface area contributed by atoms with Crippen molar-refractivity contribution in [1.82, 2.24) is 9.78 Å². The number of hydrogen-bond acceptors (Lipinski definition) is 4. The van der Waals surface area contributed by atoms with Gasteiger partial charge in [-0.1, -0.05) is 36.4 Å². The second kappa shape index (κ2) is 8.90. The summed E-state index contributed by atoms with van der Waals surface area (Å²) >= 11 is 0. The maximum atomic E-state index is 12.3. The normalized spacial score (nSPS) is 10.8. The number of carbonyl (C=O) groups excluding carboxylic acids is 1. The Morgan fingerprint density at radius 3 is 2.57 bits per heavy atom. The molecule has 0 aliphatic carbocycles. The van der Waals surface area contributed by atoms with E-state index in [9.17, 15) is 4.79 Å². The van der Waals surface area contributed by atoms with Crippen LogP contribution in [-0.2, 0) is 11.3 Å². The first-order valence-electron chi connectivity index (χ1n) is 8.88. The minimum Gasteiger partial charge on any atom is -0.493 e. The molecule has 1 aromatic heterocycles. The van der Waals surface area contributed by atoms with Crippen molar-refractivity contribution in [2.45, 2.75) is 13.5 Å². The zero-order chi connectivity index (χ0) is 19.9. The van der Waals surface area contributed by atoms with Gasteiger partial charge in [-0.05, 0) is 36.3 Å². The molecule has 0 saturated heterocycles. The number of nitrogens with zero attached hydrogens (tertiary/aromatic N) is 2. The van der Waals surface area contributed by atoms with E-state index in [2.05, 4.69) is 10.4 Å². The lowest BCUT2D eigenvalue weighted by Crippen LogP contribution is -2.14. The predicted octanol–water partition coefficient (Wildman–Crippen LogP) is 3.91. The van der Waals surface area contributed by atoms with E-state index in [-0.39, 0.29) is 5.91 Å². The molecule has 1 amide bonds. The molecule has 0 saturated carbocycles. The van der Waals surface area contributed by atoms with Crippen LogP contribution in [0.2, 0.25) is 0 Å². The van der Waals surface area contributed by atoms with E-state index in [1.54, 1.807) is 31.2 Å². The number of methoxy groups -OCH3 is 2. The van der Waals surface area contributed by atoms with Crippen molar-refractivity contribution in [1.29, 1.82) is 0 Å². The number of carbonyl (C=O) groups is 1. The molecular weight excluding hydrogens is 354 g/mol. The van der Waals surface area contributed by atoms with Crippen LogP contribution in [-0.4, -0.2) is 29.9 Å². The number of nitrogens with one attached hydrogen (secondary N) is 1. The fourth-order valence-corrected chi connectivity index (χ4v) is 2.81. The summed E-state index contributed by atoms with van der Waals surface area (Å²) < 4.78 is 12.4. The minimum absolute atomic E-state index is 0.207. The van der Waals surface area contributed by atoms with Crippen molar-refractivity contribution >= 4 is 17.8 Å². The van der Waals surface area contributed by atoms with Gasteiger partial charge in [-0.25, -0.2) is 4.68 Å². The summed E-state index contributed by atoms with van der Waals surface area (Å²) in [5.41, 5.74) is 2.84. The highest BCUT2D eigenvalue weighted by molar-refractivity contribution is 6.01. The van der Waals surface area contributed by atoms with Crippen LogP contribution in [0.4, 0.5) is 5.82 Å². The molecular formula is C22H23N3O3. The molecule has 144 valence electrons. The quantitative estimate of drug-likeness (QED) is 0.634. The van der Waals surface area contributed by atoms with Gasteiger partial charge in [0.05, 0.1) is 27.0 Å². The molecule has 0 aliphatic rings. The second-order valence-corrected chi connectivity index (χ2v) is 6.26. The van der Waals surface area contributed by atoms with Crippen molar-refractivity contribution in [3.05, 3.63) is 77.5 Å². The zero-order valence-electron chi connectivity index (χ0n) is 16.2. The molecule has 1 N–H and O–H groups in total. The summed E-state index contributed by atoms with van der Waals surface area (Å²) in [6, 6.07) is 15.4. The van der Waals surface area contributed by atoms with E-state index in [1.165, 1.54) is 6.08 Å². The number of aromatic nitrogens is 2. The molecule has 2 aromatic carbocycles. The van der Waals surface area contributed by atoms with Crippen LogP contribution in [0.25, 0.3) is 6.08 Å². The van der Waals surface area contributed by atoms with E-state index >= 15 is 0 Å². The number of anilines is 1. The summed E-state index contributed by atoms with van der Waals surface area (Å²) in [6.45, 7) is 2.40. The monoisotopic (exact) mass is 377 g/mol. The first-order chi connectivity index (χ1) is 13.6. The van der Waals surface area contributed by atoms with E-state index in [4.69, 9.17) is 9.47 Å². The van der Waals surface area contributed by atoms with E-state index in [0.717, 1.165) is 16.7 Å². The third-order valence-electron chi connectivity index (χ3n) is 4.27. The molecule has 0 atom stereocenters. The van der Waals surface area contributed by atoms with Crippen molar-refractivity contribution in [2.24, 2.45) is 0 Å². The molecule has 1 heterocycles. The molecule has 0 fully saturated rings. The number of ether oxygens (including phenoxy) is 2. The highest BCUT2D eigenvalue weighted by Crippen LogP contribution is 2.28. The lowest BCUT2D eigenvalue weighted by atomic mass is 10.2. The first-order valence-corrected chi connectivity index (χ1v) is 8.88. The standard InChI is InChI=1S/C22H23N3O3/c1-16-14-23-25(15-18-9-11-19(27-2)20(13-18)28-3)22(16)24-21(26)12-10-17-7-5-4-6-8-17/h4-14H,15H2,1-3H3,(H,24,26). The fourth-order valence-electron chi connectivity index (χ4n) is 2.81. The van der Waals surface area contributed by atoms with Crippen molar-refractivity contribution in [3.63, 3.8) is 0 Å². The highest BCUT2D eigenvalue weighted by Gasteiger charge is 2.12. The lowest BCUT2D eigenvalue weighted by molar-refractivity contribution is -0.111. The molecule has 3 rings (SSSR count). The number of hydrogen-bond donors (Lipinski definition) is 1. The predicted molar refractivity (Wildman–Crippen MR) is 110 cm³/mol. The third kappa shape index (κ3) is 4.59. The van der Waals surface area contributed by atoms with Crippen LogP contribution in [0.3, 0.4) is 0 Å². The third-order valence-corrected chi connectivity index (χ3v) is 4.27. The van der Waals surface area contributed by atoms with Crippen LogP contribution in [0.15, 0.2) is 60.8 Å². The highest BCUT2D eigenvalue weighted by atomic mass is 16.5. The Morgan fingerprint density at radius 2 is 1.86 bits per heavy atom. The van der Waals surface area contributed by atoms with Crippen LogP contribution in [0.1, 0.15) is 16.7 Å². The molecule has 0 radical (unpaired) electrons. The summed E-state index contributed by atoms with van der Waals surface area (Å²) in [7, 11) is 3.20. The van der Waals surface area contributed by atoms with Gasteiger partial charge >= 0.3 is 0 Å². The van der Waals surface area contributed by atoms with Crippen LogP contribution < -0.4 is 14.8 Å². The van der Waals surface area contributed by atoms with Gasteiger partial charge in [0.15, 0.2) is 11.5 Å². The summed E-state index contributed by atoms with van der Waals surface area (Å²) in [4.78, 5) is 12.3. The summed E-state index contributed by atoms with van der Waals surface area (Å²) in [5, 5.41) is 7.31. The Hall–Kier alpha value is -3.54. The van der Waals surface area contributed by atoms with Gasteiger partial charge in [-0.3, -0.25) is 4.79 Å². The molecule has 6 heteroatoms. The Kier molecular flexibility index (Phi) is 6.11. The molecule has 0 unspecified atom stereocenters. The lowest BCUT2D eigenvalue weighted by Gasteiger charge is -2.12. The van der Waals surface area contributed by atoms with E-state index in [0.29, 0.717) is 23.9 Å². The van der Waals surface area contributed by atoms with Gasteiger partial charge in [0, 0.05) is 11.6 Å². The number of rotatable bonds is 7. The topological polar surface area (TPSA) is 65.4 Å². The second-order valence-electron chi connectivity index (χ2n) is 6.26. The molecule has 28 heavy (non-hydrogen) atoms. The Bertz CT molecular complexity index is 978. The minimum atomic E-state index is -0.207. The Balaban J connectivity index is 1.75. The van der Waals surface area contributed by atoms with Gasteiger partial charge < -0.3 is 14.8 Å². The van der Waals surface area contributed by atoms with Gasteiger partial charge in [0.2, 0.25) is 5.91 Å². The van der Waals surface area contributed by atoms with Crippen LogP contribution >= 0.6 is 0 Å². The Morgan fingerprint density at radius 1 is 1.11 bits per heavy atom. The van der Waals surface area contributed by atoms with E-state index in [1.807, 2.05) is 55.5 Å². The average molecular weight is 377 g/mol. The number of benzene rings is 2. The van der Waals surface area contributed by atoms with Crippen LogP contribution in [0, 0.1) is 6.92 Å². The van der Waals surface area contributed by atoms with Gasteiger partial charge in [0.1, 0.15) is 5.82 Å². The van der Waals surface area contributed by atoms with Gasteiger partial charge in [0.25, 0.3) is 0 Å². The SMILES string of the molecule is COc1ccc(Cn2ncc(C)c2NC(=O)C=Cc2ccccc2)cc1OC. The smallest absolute Gasteiger partial charge is 0.249 e. The number of aryl methyl sites for hydroxylation is 1. The van der Waals surface area contributed by atoms with Gasteiger partial charge in [-0.15, -0.1) is 0 Å². The first kappa shape index (κ1) is 19.2. The van der Waals surface area contributed by atoms with Crippen molar-refractivity contribution in [2.75, 3.05) is 19.5 Å². The Labute approximate surface area is 164 Å². The maximum Gasteiger partial charge on any atom is 0.249 e. The maximum absolute atomic E-state index is 12.3. The summed E-state index contributed by atoms with van der Waals surface area (Å²) in [5.74, 6) is 1.78. The van der Waals surface area contributed by atoms with Crippen molar-refractivity contribution in [3.8, 4) is 11.5 Å². The molecule has 6 nitrogen and oxygen atoms in total. The van der Waals surface area contributed by atoms with E-state index < -0.39 is 0 Å². The summed E-state index contributed by atoms with van der Waals surface area (Å²) in [6.07, 6.45) is 5.03. The van der Waals surface area contributed by atoms with Crippen molar-refractivity contribution < 1.29 is 14.3 Å². The van der Waals surface area contributed by atoms with Crippen LogP contribution in [0.5, 0.6) is 11.5 Å². The molecule has 0 spiro atoms. The molecule has 0 bridgehead atoms. The number of amides is 1. The molecule has 3 aromatic rings. The fraction of sp³-hybridized carbons (Fsp3) is 0.182. The van der Waals surface area contributed by atoms with Gasteiger partial charge in [-0.2, -0.15) is 5.10 Å².